The second kappa shape index (κ2) is 4.51. The Kier molecular flexibility index (Phi) is 3.06. The number of rotatable bonds is 2. The molecule has 2 aromatic rings. The van der Waals surface area contributed by atoms with Gasteiger partial charge < -0.3 is 5.73 Å². The average Bonchev–Trinajstić information content (AvgIpc) is 2.32. The van der Waals surface area contributed by atoms with Crippen LogP contribution in [0.25, 0.3) is 0 Å². The minimum Gasteiger partial charge on any atom is -0.383 e. The Labute approximate surface area is 102 Å². The zero-order valence-electron chi connectivity index (χ0n) is 8.65. The van der Waals surface area contributed by atoms with Gasteiger partial charge in [-0.1, -0.05) is 17.7 Å². The van der Waals surface area contributed by atoms with E-state index in [9.17, 15) is 9.18 Å². The lowest BCUT2D eigenvalue weighted by molar-refractivity contribution is 0.103. The molecule has 0 spiro atoms. The number of aromatic nitrogens is 1. The number of carbonyl (C=O) groups excluding carboxylic acids is 1. The Morgan fingerprint density at radius 2 is 1.94 bits per heavy atom. The van der Waals surface area contributed by atoms with E-state index in [0.717, 1.165) is 0 Å². The number of halogens is 2. The van der Waals surface area contributed by atoms with Crippen molar-refractivity contribution in [3.8, 4) is 0 Å². The molecule has 86 valence electrons. The molecule has 0 unspecified atom stereocenters. The predicted molar refractivity (Wildman–Crippen MR) is 63.5 cm³/mol. The largest absolute Gasteiger partial charge is 0.383 e. The van der Waals surface area contributed by atoms with Gasteiger partial charge in [-0.05, 0) is 24.3 Å². The highest BCUT2D eigenvalue weighted by atomic mass is 35.5. The number of benzene rings is 1. The molecule has 5 heteroatoms. The third-order valence-electron chi connectivity index (χ3n) is 2.28. The Morgan fingerprint density at radius 3 is 2.65 bits per heavy atom. The quantitative estimate of drug-likeness (QED) is 0.834. The summed E-state index contributed by atoms with van der Waals surface area (Å²) >= 11 is 5.61. The lowest BCUT2D eigenvalue weighted by Crippen LogP contribution is -2.08. The zero-order valence-corrected chi connectivity index (χ0v) is 9.41. The highest BCUT2D eigenvalue weighted by Gasteiger charge is 2.18. The van der Waals surface area contributed by atoms with Crippen LogP contribution in [0.2, 0.25) is 5.02 Å². The molecule has 2 rings (SSSR count). The van der Waals surface area contributed by atoms with Crippen LogP contribution in [-0.4, -0.2) is 10.8 Å². The maximum atomic E-state index is 13.7. The molecule has 0 bridgehead atoms. The Morgan fingerprint density at radius 1 is 1.24 bits per heavy atom. The monoisotopic (exact) mass is 250 g/mol. The van der Waals surface area contributed by atoms with E-state index >= 15 is 0 Å². The molecule has 0 fully saturated rings. The maximum Gasteiger partial charge on any atom is 0.199 e. The van der Waals surface area contributed by atoms with Crippen molar-refractivity contribution >= 4 is 23.2 Å². The topological polar surface area (TPSA) is 56.0 Å². The van der Waals surface area contributed by atoms with Crippen LogP contribution in [-0.2, 0) is 0 Å². The second-order valence-electron chi connectivity index (χ2n) is 3.37. The molecule has 0 aliphatic heterocycles. The van der Waals surface area contributed by atoms with Crippen LogP contribution < -0.4 is 5.73 Å². The lowest BCUT2D eigenvalue weighted by atomic mass is 10.0. The zero-order chi connectivity index (χ0) is 12.4. The number of hydrogen-bond acceptors (Lipinski definition) is 3. The molecule has 0 saturated heterocycles. The van der Waals surface area contributed by atoms with Gasteiger partial charge in [-0.2, -0.15) is 0 Å². The molecule has 1 aromatic carbocycles. The van der Waals surface area contributed by atoms with Crippen molar-refractivity contribution in [3.63, 3.8) is 0 Å². The van der Waals surface area contributed by atoms with Gasteiger partial charge in [0.2, 0.25) is 0 Å². The number of nitrogen functional groups attached to an aromatic ring is 1. The van der Waals surface area contributed by atoms with Crippen molar-refractivity contribution in [2.45, 2.75) is 0 Å². The van der Waals surface area contributed by atoms with Crippen molar-refractivity contribution in [3.05, 3.63) is 58.5 Å². The van der Waals surface area contributed by atoms with Crippen molar-refractivity contribution in [2.24, 2.45) is 0 Å². The minimum absolute atomic E-state index is 0.0666. The van der Waals surface area contributed by atoms with Crippen molar-refractivity contribution in [2.75, 3.05) is 5.73 Å². The minimum atomic E-state index is -0.748. The van der Waals surface area contributed by atoms with Gasteiger partial charge in [-0.25, -0.2) is 9.37 Å². The summed E-state index contributed by atoms with van der Waals surface area (Å²) in [6.07, 6.45) is 1.46. The van der Waals surface area contributed by atoms with Gasteiger partial charge in [0.1, 0.15) is 5.82 Å². The molecular formula is C12H8ClFN2O. The summed E-state index contributed by atoms with van der Waals surface area (Å²) in [5.41, 5.74) is 5.61. The number of pyridine rings is 1. The maximum absolute atomic E-state index is 13.7. The second-order valence-corrected chi connectivity index (χ2v) is 3.77. The average molecular weight is 251 g/mol. The summed E-state index contributed by atoms with van der Waals surface area (Å²) in [4.78, 5) is 15.8. The van der Waals surface area contributed by atoms with E-state index in [0.29, 0.717) is 0 Å². The number of ketones is 1. The summed E-state index contributed by atoms with van der Waals surface area (Å²) in [6, 6.07) is 7.29. The fourth-order valence-corrected chi connectivity index (χ4v) is 1.61. The van der Waals surface area contributed by atoms with Crippen LogP contribution in [0.15, 0.2) is 36.5 Å². The Bertz CT molecular complexity index is 586. The van der Waals surface area contributed by atoms with Crippen LogP contribution in [0.4, 0.5) is 10.2 Å². The fourth-order valence-electron chi connectivity index (χ4n) is 1.43. The number of hydrogen-bond donors (Lipinski definition) is 1. The van der Waals surface area contributed by atoms with Crippen molar-refractivity contribution < 1.29 is 9.18 Å². The highest BCUT2D eigenvalue weighted by molar-refractivity contribution is 6.31. The van der Waals surface area contributed by atoms with E-state index in [1.54, 1.807) is 6.07 Å². The van der Waals surface area contributed by atoms with Crippen LogP contribution in [0.5, 0.6) is 0 Å². The van der Waals surface area contributed by atoms with E-state index < -0.39 is 11.6 Å². The Balaban J connectivity index is 2.52. The third kappa shape index (κ3) is 2.12. The van der Waals surface area contributed by atoms with E-state index in [2.05, 4.69) is 4.98 Å². The van der Waals surface area contributed by atoms with Gasteiger partial charge in [0.05, 0.1) is 16.1 Å². The van der Waals surface area contributed by atoms with E-state index in [4.69, 9.17) is 17.3 Å². The SMILES string of the molecule is Nc1ncccc1C(=O)c1cccc(Cl)c1F. The van der Waals surface area contributed by atoms with Gasteiger partial charge in [0.25, 0.3) is 0 Å². The molecule has 0 aliphatic carbocycles. The Hall–Kier alpha value is -1.94. The number of nitrogens with zero attached hydrogens (tertiary/aromatic N) is 1. The first kappa shape index (κ1) is 11.5. The van der Waals surface area contributed by atoms with Gasteiger partial charge in [0.15, 0.2) is 11.6 Å². The fraction of sp³-hybridized carbons (Fsp3) is 0. The van der Waals surface area contributed by atoms with Crippen LogP contribution in [0, 0.1) is 5.82 Å². The molecule has 0 atom stereocenters. The number of anilines is 1. The predicted octanol–water partition coefficient (Wildman–Crippen LogP) is 2.69. The third-order valence-corrected chi connectivity index (χ3v) is 2.57. The van der Waals surface area contributed by atoms with Gasteiger partial charge in [-0.15, -0.1) is 0 Å². The molecule has 1 heterocycles. The molecule has 17 heavy (non-hydrogen) atoms. The first-order valence-corrected chi connectivity index (χ1v) is 5.18. The molecule has 0 aliphatic rings. The summed E-state index contributed by atoms with van der Waals surface area (Å²) in [5, 5.41) is -0.0988. The van der Waals surface area contributed by atoms with E-state index in [-0.39, 0.29) is 22.0 Å². The molecule has 3 nitrogen and oxygen atoms in total. The normalized spacial score (nSPS) is 10.2. The summed E-state index contributed by atoms with van der Waals surface area (Å²) in [7, 11) is 0. The molecule has 0 radical (unpaired) electrons. The van der Waals surface area contributed by atoms with Crippen LogP contribution in [0.3, 0.4) is 0 Å². The van der Waals surface area contributed by atoms with Crippen LogP contribution in [0.1, 0.15) is 15.9 Å². The standard InChI is InChI=1S/C12H8ClFN2O/c13-9-5-1-3-7(10(9)14)11(17)8-4-2-6-16-12(8)15/h1-6H,(H2,15,16). The van der Waals surface area contributed by atoms with Gasteiger partial charge >= 0.3 is 0 Å². The summed E-state index contributed by atoms with van der Waals surface area (Å²) < 4.78 is 13.7. The molecule has 0 amide bonds. The molecule has 0 saturated carbocycles. The lowest BCUT2D eigenvalue weighted by Gasteiger charge is -2.05. The van der Waals surface area contributed by atoms with Gasteiger partial charge in [-0.3, -0.25) is 4.79 Å². The van der Waals surface area contributed by atoms with Crippen molar-refractivity contribution in [1.29, 1.82) is 0 Å². The number of carbonyl (C=O) groups is 1. The summed E-state index contributed by atoms with van der Waals surface area (Å²) in [5.74, 6) is -1.21. The first-order valence-electron chi connectivity index (χ1n) is 4.80. The van der Waals surface area contributed by atoms with E-state index in [1.807, 2.05) is 0 Å². The molecule has 2 N–H and O–H groups in total. The smallest absolute Gasteiger partial charge is 0.199 e. The van der Waals surface area contributed by atoms with E-state index in [1.165, 1.54) is 30.5 Å². The van der Waals surface area contributed by atoms with Crippen molar-refractivity contribution in [1.82, 2.24) is 4.98 Å². The van der Waals surface area contributed by atoms with Gasteiger partial charge in [0, 0.05) is 6.20 Å². The molecular weight excluding hydrogens is 243 g/mol. The first-order chi connectivity index (χ1) is 8.11. The number of nitrogens with two attached hydrogens (primary N) is 1. The molecule has 1 aromatic heterocycles. The van der Waals surface area contributed by atoms with Crippen LogP contribution >= 0.6 is 11.6 Å². The summed E-state index contributed by atoms with van der Waals surface area (Å²) in [6.45, 7) is 0. The highest BCUT2D eigenvalue weighted by Crippen LogP contribution is 2.21.